The van der Waals surface area contributed by atoms with E-state index in [1.807, 2.05) is 24.3 Å². The van der Waals surface area contributed by atoms with E-state index >= 15 is 0 Å². The van der Waals surface area contributed by atoms with E-state index in [0.717, 1.165) is 60.9 Å². The zero-order chi connectivity index (χ0) is 20.4. The van der Waals surface area contributed by atoms with E-state index in [1.54, 1.807) is 14.2 Å². The summed E-state index contributed by atoms with van der Waals surface area (Å²) in [7, 11) is 3.33. The van der Waals surface area contributed by atoms with Crippen LogP contribution in [0, 0.1) is 5.92 Å². The van der Waals surface area contributed by atoms with Crippen molar-refractivity contribution < 1.29 is 19.5 Å². The normalized spacial score (nSPS) is 29.2. The van der Waals surface area contributed by atoms with Crippen LogP contribution >= 0.6 is 11.6 Å². The number of quaternary nitrogens is 1. The highest BCUT2D eigenvalue weighted by Gasteiger charge is 2.51. The summed E-state index contributed by atoms with van der Waals surface area (Å²) < 4.78 is 11.0. The first-order chi connectivity index (χ1) is 14.1. The van der Waals surface area contributed by atoms with Crippen LogP contribution in [0.2, 0.25) is 5.02 Å². The summed E-state index contributed by atoms with van der Waals surface area (Å²) in [5.41, 5.74) is 1.80. The maximum atomic E-state index is 11.5. The fourth-order valence-corrected chi connectivity index (χ4v) is 5.66. The van der Waals surface area contributed by atoms with Gasteiger partial charge < -0.3 is 19.5 Å². The maximum Gasteiger partial charge on any atom is 0.161 e. The highest BCUT2D eigenvalue weighted by molar-refractivity contribution is 6.31. The molecule has 1 aliphatic heterocycles. The second-order valence-electron chi connectivity index (χ2n) is 8.47. The summed E-state index contributed by atoms with van der Waals surface area (Å²) in [6.45, 7) is 1.78. The molecule has 2 N–H and O–H groups in total. The van der Waals surface area contributed by atoms with Gasteiger partial charge in [0.25, 0.3) is 0 Å². The van der Waals surface area contributed by atoms with Crippen LogP contribution in [0.1, 0.15) is 49.3 Å². The molecule has 0 spiro atoms. The van der Waals surface area contributed by atoms with Gasteiger partial charge in [0.05, 0.1) is 26.4 Å². The van der Waals surface area contributed by atoms with E-state index in [1.165, 1.54) is 16.9 Å². The number of aliphatic hydroxyl groups is 1. The Morgan fingerprint density at radius 2 is 1.86 bits per heavy atom. The van der Waals surface area contributed by atoms with Crippen molar-refractivity contribution in [2.45, 2.75) is 50.3 Å². The minimum atomic E-state index is -0.569. The predicted octanol–water partition coefficient (Wildman–Crippen LogP) is 3.81. The average molecular weight is 417 g/mol. The van der Waals surface area contributed by atoms with Crippen molar-refractivity contribution in [2.75, 3.05) is 20.8 Å². The highest BCUT2D eigenvalue weighted by Crippen LogP contribution is 2.45. The Hall–Kier alpha value is -1.75. The van der Waals surface area contributed by atoms with E-state index in [0.29, 0.717) is 0 Å². The van der Waals surface area contributed by atoms with Crippen molar-refractivity contribution in [3.63, 3.8) is 0 Å². The number of ether oxygens (including phenoxy) is 2. The Morgan fingerprint density at radius 3 is 2.62 bits per heavy atom. The lowest BCUT2D eigenvalue weighted by atomic mass is 9.66. The van der Waals surface area contributed by atoms with E-state index < -0.39 is 5.60 Å². The summed E-state index contributed by atoms with van der Waals surface area (Å²) in [5, 5.41) is 12.3. The molecule has 0 bridgehead atoms. The number of hydrogen-bond donors (Lipinski definition) is 2. The Balaban J connectivity index is 1.73. The fourth-order valence-electron chi connectivity index (χ4n) is 5.45. The first-order valence-corrected chi connectivity index (χ1v) is 11.0. The molecule has 2 aromatic rings. The van der Waals surface area contributed by atoms with Crippen LogP contribution in [-0.4, -0.2) is 31.5 Å². The average Bonchev–Trinajstić information content (AvgIpc) is 2.74. The van der Waals surface area contributed by atoms with Gasteiger partial charge in [-0.05, 0) is 37.1 Å². The van der Waals surface area contributed by atoms with Crippen LogP contribution in [0.4, 0.5) is 0 Å². The molecule has 156 valence electrons. The van der Waals surface area contributed by atoms with Crippen LogP contribution in [0.5, 0.6) is 11.5 Å². The highest BCUT2D eigenvalue weighted by atomic mass is 35.5. The number of hydrogen-bond acceptors (Lipinski definition) is 3. The standard InChI is InChI=1S/C24H30ClNO3/c1-28-21-11-10-17(15-22(21)29-2)23-19-8-5-6-12-24(19,27)13-14-26(23)16-18-7-3-4-9-20(18)25/h3-4,7,9-11,15,19,23,27H,5-6,8,12-14,16H2,1-2H3/p+1/t19-,23+,24-/m1/s1. The second kappa shape index (κ2) is 8.55. The molecule has 1 saturated heterocycles. The molecule has 1 heterocycles. The third-order valence-corrected chi connectivity index (χ3v) is 7.30. The minimum absolute atomic E-state index is 0.199. The first-order valence-electron chi connectivity index (χ1n) is 10.6. The molecule has 0 radical (unpaired) electrons. The molecule has 5 heteroatoms. The number of benzene rings is 2. The molecule has 4 nitrogen and oxygen atoms in total. The van der Waals surface area contributed by atoms with Gasteiger partial charge >= 0.3 is 0 Å². The van der Waals surface area contributed by atoms with Crippen molar-refractivity contribution in [3.05, 3.63) is 58.6 Å². The zero-order valence-corrected chi connectivity index (χ0v) is 18.0. The van der Waals surface area contributed by atoms with Crippen LogP contribution in [0.3, 0.4) is 0 Å². The molecule has 1 saturated carbocycles. The van der Waals surface area contributed by atoms with Crippen molar-refractivity contribution >= 4 is 11.6 Å². The molecule has 1 unspecified atom stereocenters. The maximum absolute atomic E-state index is 11.5. The second-order valence-corrected chi connectivity index (χ2v) is 8.88. The first kappa shape index (κ1) is 20.5. The molecule has 2 fully saturated rings. The van der Waals surface area contributed by atoms with Gasteiger partial charge in [-0.15, -0.1) is 0 Å². The monoisotopic (exact) mass is 416 g/mol. The Kier molecular flexibility index (Phi) is 6.05. The summed E-state index contributed by atoms with van der Waals surface area (Å²) in [5.74, 6) is 1.71. The summed E-state index contributed by atoms with van der Waals surface area (Å²) >= 11 is 6.49. The van der Waals surface area contributed by atoms with Gasteiger partial charge in [0.2, 0.25) is 0 Å². The van der Waals surface area contributed by atoms with Crippen molar-refractivity contribution in [2.24, 2.45) is 5.92 Å². The molecule has 4 atom stereocenters. The SMILES string of the molecule is COc1ccc([C@H]2[C@H]3CCCC[C@@]3(O)CC[NH+]2Cc2ccccc2Cl)cc1OC. The zero-order valence-electron chi connectivity index (χ0n) is 17.3. The molecular formula is C24H31ClNO3+. The molecule has 2 aliphatic rings. The van der Waals surface area contributed by atoms with E-state index in [4.69, 9.17) is 21.1 Å². The smallest absolute Gasteiger partial charge is 0.161 e. The number of nitrogens with one attached hydrogen (secondary N) is 1. The summed E-state index contributed by atoms with van der Waals surface area (Å²) in [4.78, 5) is 1.46. The summed E-state index contributed by atoms with van der Waals surface area (Å²) in [6, 6.07) is 14.5. The lowest BCUT2D eigenvalue weighted by Gasteiger charge is -2.50. The minimum Gasteiger partial charge on any atom is -0.493 e. The van der Waals surface area contributed by atoms with E-state index in [-0.39, 0.29) is 12.0 Å². The van der Waals surface area contributed by atoms with Crippen LogP contribution in [0.15, 0.2) is 42.5 Å². The van der Waals surface area contributed by atoms with Gasteiger partial charge in [-0.1, -0.05) is 42.6 Å². The number of rotatable bonds is 5. The topological polar surface area (TPSA) is 43.1 Å². The van der Waals surface area contributed by atoms with Gasteiger partial charge in [0.1, 0.15) is 12.6 Å². The van der Waals surface area contributed by atoms with Gasteiger partial charge in [-0.3, -0.25) is 0 Å². The van der Waals surface area contributed by atoms with Crippen molar-refractivity contribution in [3.8, 4) is 11.5 Å². The van der Waals surface area contributed by atoms with Crippen molar-refractivity contribution in [1.82, 2.24) is 0 Å². The van der Waals surface area contributed by atoms with E-state index in [2.05, 4.69) is 18.2 Å². The van der Waals surface area contributed by atoms with Gasteiger partial charge in [0.15, 0.2) is 11.5 Å². The number of methoxy groups -OCH3 is 2. The Morgan fingerprint density at radius 1 is 1.07 bits per heavy atom. The number of fused-ring (bicyclic) bond motifs is 1. The number of likely N-dealkylation sites (tertiary alicyclic amines) is 1. The number of halogens is 1. The fraction of sp³-hybridized carbons (Fsp3) is 0.500. The van der Waals surface area contributed by atoms with Crippen LogP contribution in [-0.2, 0) is 6.54 Å². The van der Waals surface area contributed by atoms with E-state index in [9.17, 15) is 5.11 Å². The molecule has 29 heavy (non-hydrogen) atoms. The molecular weight excluding hydrogens is 386 g/mol. The summed E-state index contributed by atoms with van der Waals surface area (Å²) in [6.07, 6.45) is 5.10. The molecule has 0 aromatic heterocycles. The molecule has 0 amide bonds. The Labute approximate surface area is 178 Å². The Bertz CT molecular complexity index is 858. The van der Waals surface area contributed by atoms with Gasteiger partial charge in [-0.2, -0.15) is 0 Å². The predicted molar refractivity (Wildman–Crippen MR) is 115 cm³/mol. The lowest BCUT2D eigenvalue weighted by molar-refractivity contribution is -0.958. The molecule has 1 aliphatic carbocycles. The van der Waals surface area contributed by atoms with Crippen molar-refractivity contribution in [1.29, 1.82) is 0 Å². The van der Waals surface area contributed by atoms with Gasteiger partial charge in [-0.25, -0.2) is 0 Å². The van der Waals surface area contributed by atoms with Crippen LogP contribution < -0.4 is 14.4 Å². The van der Waals surface area contributed by atoms with Crippen LogP contribution in [0.25, 0.3) is 0 Å². The van der Waals surface area contributed by atoms with Gasteiger partial charge in [0, 0.05) is 28.5 Å². The lowest BCUT2D eigenvalue weighted by Crippen LogP contribution is -3.13. The molecule has 2 aromatic carbocycles. The molecule has 4 rings (SSSR count). The largest absolute Gasteiger partial charge is 0.493 e. The third kappa shape index (κ3) is 3.98. The number of piperidine rings is 1. The third-order valence-electron chi connectivity index (χ3n) is 6.93. The quantitative estimate of drug-likeness (QED) is 0.778.